The molecule has 0 unspecified atom stereocenters. The highest BCUT2D eigenvalue weighted by Crippen LogP contribution is 2.22. The molecule has 0 radical (unpaired) electrons. The van der Waals surface area contributed by atoms with Gasteiger partial charge in [0.1, 0.15) is 6.07 Å². The Labute approximate surface area is 114 Å². The largest absolute Gasteiger partial charge is 0.478 e. The lowest BCUT2D eigenvalue weighted by Gasteiger charge is -2.08. The minimum absolute atomic E-state index is 0.193. The van der Waals surface area contributed by atoms with E-state index in [0.29, 0.717) is 23.6 Å². The molecule has 0 atom stereocenters. The Hall–Kier alpha value is -1.70. The lowest BCUT2D eigenvalue weighted by Crippen LogP contribution is -2.24. The van der Waals surface area contributed by atoms with Gasteiger partial charge in [-0.15, -0.1) is 0 Å². The molecule has 0 saturated heterocycles. The van der Waals surface area contributed by atoms with Gasteiger partial charge in [-0.05, 0) is 18.2 Å². The van der Waals surface area contributed by atoms with Crippen LogP contribution >= 0.6 is 23.2 Å². The molecule has 0 aliphatic carbocycles. The molecule has 18 heavy (non-hydrogen) atoms. The van der Waals surface area contributed by atoms with E-state index in [1.165, 1.54) is 12.1 Å². The molecule has 1 aliphatic heterocycles. The number of hydrogen-bond acceptors (Lipinski definition) is 3. The van der Waals surface area contributed by atoms with Crippen molar-refractivity contribution in [2.24, 2.45) is 0 Å². The molecule has 1 heterocycles. The Morgan fingerprint density at radius 2 is 2.22 bits per heavy atom. The summed E-state index contributed by atoms with van der Waals surface area (Å²) in [7, 11) is 0. The summed E-state index contributed by atoms with van der Waals surface area (Å²) in [6, 6.07) is 6.56. The molecule has 6 heteroatoms. The zero-order chi connectivity index (χ0) is 13.1. The van der Waals surface area contributed by atoms with Crippen LogP contribution in [0.5, 0.6) is 0 Å². The van der Waals surface area contributed by atoms with Gasteiger partial charge in [-0.3, -0.25) is 10.1 Å². The number of nitrogens with one attached hydrogen (secondary N) is 1. The first-order valence-electron chi connectivity index (χ1n) is 5.14. The van der Waals surface area contributed by atoms with Gasteiger partial charge in [0.15, 0.2) is 0 Å². The number of rotatable bonds is 2. The molecule has 0 spiro atoms. The predicted molar refractivity (Wildman–Crippen MR) is 67.1 cm³/mol. The number of nitrogens with zero attached hydrogens (tertiary/aromatic N) is 1. The summed E-state index contributed by atoms with van der Waals surface area (Å²) in [5.41, 5.74) is 0.658. The van der Waals surface area contributed by atoms with Gasteiger partial charge in [0, 0.05) is 11.4 Å². The maximum atomic E-state index is 12.0. The fraction of sp³-hybridized carbons (Fsp3) is 0.167. The van der Waals surface area contributed by atoms with Crippen molar-refractivity contribution in [1.29, 1.82) is 5.26 Å². The Balaban J connectivity index is 2.23. The first-order chi connectivity index (χ1) is 8.61. The molecule has 0 aromatic heterocycles. The summed E-state index contributed by atoms with van der Waals surface area (Å²) in [6.07, 6.45) is 0.495. The van der Waals surface area contributed by atoms with E-state index < -0.39 is 5.91 Å². The molecule has 1 aromatic carbocycles. The number of nitriles is 1. The highest BCUT2D eigenvalue weighted by molar-refractivity contribution is 6.35. The van der Waals surface area contributed by atoms with Crippen molar-refractivity contribution in [2.75, 3.05) is 6.61 Å². The van der Waals surface area contributed by atoms with E-state index in [1.54, 1.807) is 6.07 Å². The highest BCUT2D eigenvalue weighted by Gasteiger charge is 2.20. The van der Waals surface area contributed by atoms with Crippen LogP contribution in [0.4, 0.5) is 0 Å². The zero-order valence-corrected chi connectivity index (χ0v) is 10.7. The van der Waals surface area contributed by atoms with Gasteiger partial charge < -0.3 is 4.74 Å². The SMILES string of the molecule is N#CC1=C(NC(=O)c2cc(Cl)ccc2Cl)OCC1. The topological polar surface area (TPSA) is 62.1 Å². The third-order valence-corrected chi connectivity index (χ3v) is 2.97. The van der Waals surface area contributed by atoms with Crippen LogP contribution in [0, 0.1) is 11.3 Å². The van der Waals surface area contributed by atoms with Crippen LogP contribution in [0.2, 0.25) is 10.0 Å². The first kappa shape index (κ1) is 12.7. The van der Waals surface area contributed by atoms with E-state index in [0.717, 1.165) is 0 Å². The maximum Gasteiger partial charge on any atom is 0.259 e. The third kappa shape index (κ3) is 2.58. The first-order valence-corrected chi connectivity index (χ1v) is 5.90. The molecule has 4 nitrogen and oxygen atoms in total. The second-order valence-electron chi connectivity index (χ2n) is 3.60. The average molecular weight is 283 g/mol. The Morgan fingerprint density at radius 3 is 2.94 bits per heavy atom. The molecule has 0 fully saturated rings. The second-order valence-corrected chi connectivity index (χ2v) is 4.44. The van der Waals surface area contributed by atoms with E-state index in [9.17, 15) is 4.79 Å². The summed E-state index contributed by atoms with van der Waals surface area (Å²) in [4.78, 5) is 12.0. The van der Waals surface area contributed by atoms with E-state index in [2.05, 4.69) is 5.32 Å². The summed E-state index contributed by atoms with van der Waals surface area (Å²) in [5, 5.41) is 12.0. The molecule has 0 saturated carbocycles. The fourth-order valence-electron chi connectivity index (χ4n) is 1.52. The van der Waals surface area contributed by atoms with Crippen molar-refractivity contribution in [3.63, 3.8) is 0 Å². The minimum atomic E-state index is -0.452. The molecule has 1 N–H and O–H groups in total. The number of amides is 1. The van der Waals surface area contributed by atoms with Gasteiger partial charge in [-0.1, -0.05) is 23.2 Å². The number of halogens is 2. The van der Waals surface area contributed by atoms with E-state index in [1.807, 2.05) is 6.07 Å². The van der Waals surface area contributed by atoms with Gasteiger partial charge in [0.25, 0.3) is 5.91 Å². The quantitative estimate of drug-likeness (QED) is 0.907. The van der Waals surface area contributed by atoms with Crippen LogP contribution in [0.1, 0.15) is 16.8 Å². The summed E-state index contributed by atoms with van der Waals surface area (Å²) in [5.74, 6) is -0.259. The normalized spacial score (nSPS) is 14.1. The number of ether oxygens (including phenoxy) is 1. The minimum Gasteiger partial charge on any atom is -0.478 e. The van der Waals surface area contributed by atoms with Crippen LogP contribution in [0.3, 0.4) is 0 Å². The molecule has 1 aromatic rings. The van der Waals surface area contributed by atoms with Crippen molar-refractivity contribution in [1.82, 2.24) is 5.32 Å². The van der Waals surface area contributed by atoms with Crippen LogP contribution in [0.15, 0.2) is 29.7 Å². The highest BCUT2D eigenvalue weighted by atomic mass is 35.5. The van der Waals surface area contributed by atoms with E-state index >= 15 is 0 Å². The standard InChI is InChI=1S/C12H8Cl2N2O2/c13-8-1-2-10(14)9(5-8)11(17)16-12-7(6-15)3-4-18-12/h1-2,5H,3-4H2,(H,16,17). The lowest BCUT2D eigenvalue weighted by molar-refractivity contribution is 0.0930. The monoisotopic (exact) mass is 282 g/mol. The van der Waals surface area contributed by atoms with E-state index in [4.69, 9.17) is 33.2 Å². The molecular weight excluding hydrogens is 275 g/mol. The van der Waals surface area contributed by atoms with Gasteiger partial charge in [0.2, 0.25) is 5.88 Å². The number of hydrogen-bond donors (Lipinski definition) is 1. The summed E-state index contributed by atoms with van der Waals surface area (Å²) in [6.45, 7) is 0.391. The van der Waals surface area contributed by atoms with Gasteiger partial charge in [-0.25, -0.2) is 0 Å². The fourth-order valence-corrected chi connectivity index (χ4v) is 1.89. The smallest absolute Gasteiger partial charge is 0.259 e. The Bertz CT molecular complexity index is 576. The number of carbonyl (C=O) groups excluding carboxylic acids is 1. The van der Waals surface area contributed by atoms with Crippen molar-refractivity contribution in [3.05, 3.63) is 45.3 Å². The van der Waals surface area contributed by atoms with Crippen molar-refractivity contribution in [2.45, 2.75) is 6.42 Å². The predicted octanol–water partition coefficient (Wildman–Crippen LogP) is 2.88. The molecule has 0 bridgehead atoms. The molecule has 1 amide bonds. The second kappa shape index (κ2) is 5.30. The third-order valence-electron chi connectivity index (χ3n) is 2.41. The van der Waals surface area contributed by atoms with Crippen LogP contribution in [0.25, 0.3) is 0 Å². The summed E-state index contributed by atoms with van der Waals surface area (Å²) >= 11 is 11.7. The van der Waals surface area contributed by atoms with Crippen LogP contribution in [-0.2, 0) is 4.74 Å². The van der Waals surface area contributed by atoms with Crippen molar-refractivity contribution in [3.8, 4) is 6.07 Å². The van der Waals surface area contributed by atoms with Gasteiger partial charge >= 0.3 is 0 Å². The van der Waals surface area contributed by atoms with Crippen molar-refractivity contribution < 1.29 is 9.53 Å². The van der Waals surface area contributed by atoms with Crippen molar-refractivity contribution >= 4 is 29.1 Å². The number of carbonyl (C=O) groups is 1. The average Bonchev–Trinajstić information content (AvgIpc) is 2.79. The zero-order valence-electron chi connectivity index (χ0n) is 9.17. The lowest BCUT2D eigenvalue weighted by atomic mass is 10.2. The Kier molecular flexibility index (Phi) is 3.75. The van der Waals surface area contributed by atoms with Crippen LogP contribution in [-0.4, -0.2) is 12.5 Å². The molecule has 92 valence electrons. The van der Waals surface area contributed by atoms with Gasteiger partial charge in [-0.2, -0.15) is 5.26 Å². The molecular formula is C12H8Cl2N2O2. The Morgan fingerprint density at radius 1 is 1.44 bits per heavy atom. The maximum absolute atomic E-state index is 12.0. The number of benzene rings is 1. The van der Waals surface area contributed by atoms with Crippen LogP contribution < -0.4 is 5.32 Å². The molecule has 1 aliphatic rings. The summed E-state index contributed by atoms with van der Waals surface area (Å²) < 4.78 is 5.17. The van der Waals surface area contributed by atoms with E-state index in [-0.39, 0.29) is 16.5 Å². The van der Waals surface area contributed by atoms with Gasteiger partial charge in [0.05, 0.1) is 22.8 Å². The molecule has 2 rings (SSSR count).